The van der Waals surface area contributed by atoms with E-state index in [0.29, 0.717) is 11.7 Å². The summed E-state index contributed by atoms with van der Waals surface area (Å²) in [6.07, 6.45) is 5.19. The Morgan fingerprint density at radius 3 is 2.29 bits per heavy atom. The molecule has 3 nitrogen and oxygen atoms in total. The molecule has 1 saturated carbocycles. The van der Waals surface area contributed by atoms with Gasteiger partial charge < -0.3 is 9.47 Å². The van der Waals surface area contributed by atoms with Gasteiger partial charge in [0.2, 0.25) is 0 Å². The summed E-state index contributed by atoms with van der Waals surface area (Å²) in [5.41, 5.74) is 1.33. The van der Waals surface area contributed by atoms with Crippen molar-refractivity contribution >= 4 is 19.7 Å². The lowest BCUT2D eigenvalue weighted by molar-refractivity contribution is -0.118. The number of ketones is 1. The van der Waals surface area contributed by atoms with Crippen molar-refractivity contribution in [3.05, 3.63) is 0 Å². The van der Waals surface area contributed by atoms with Crippen LogP contribution in [0.5, 0.6) is 0 Å². The van der Waals surface area contributed by atoms with Crippen LogP contribution in [-0.4, -0.2) is 31.5 Å². The molecule has 0 bridgehead atoms. The lowest BCUT2D eigenvalue weighted by atomic mass is 9.85. The van der Waals surface area contributed by atoms with Gasteiger partial charge in [0, 0.05) is 19.2 Å². The number of Topliss-reactive ketones (excluding diaryl/α,β-unsaturated/α-hetero) is 1. The van der Waals surface area contributed by atoms with Crippen LogP contribution in [0.15, 0.2) is 5.10 Å². The fourth-order valence-corrected chi connectivity index (χ4v) is 2.53. The van der Waals surface area contributed by atoms with Gasteiger partial charge in [-0.25, -0.2) is 0 Å². The third-order valence-electron chi connectivity index (χ3n) is 3.52. The first-order valence-electron chi connectivity index (χ1n) is 6.58. The summed E-state index contributed by atoms with van der Waals surface area (Å²) in [7, 11) is 0.802. The van der Waals surface area contributed by atoms with Gasteiger partial charge in [-0.1, -0.05) is 19.6 Å². The predicted molar refractivity (Wildman–Crippen MR) is 75.8 cm³/mol. The van der Waals surface area contributed by atoms with Crippen LogP contribution in [0.3, 0.4) is 0 Å². The first-order valence-corrected chi connectivity index (χ1v) is 10.0. The highest BCUT2D eigenvalue weighted by atomic mass is 28.3. The van der Waals surface area contributed by atoms with Gasteiger partial charge in [0.15, 0.2) is 8.24 Å². The van der Waals surface area contributed by atoms with Crippen molar-refractivity contribution in [1.82, 2.24) is 4.67 Å². The van der Waals surface area contributed by atoms with Crippen molar-refractivity contribution < 1.29 is 4.79 Å². The van der Waals surface area contributed by atoms with E-state index in [4.69, 9.17) is 5.10 Å². The molecule has 1 aliphatic rings. The van der Waals surface area contributed by atoms with E-state index >= 15 is 0 Å². The van der Waals surface area contributed by atoms with Crippen LogP contribution >= 0.6 is 0 Å². The summed E-state index contributed by atoms with van der Waals surface area (Å²) in [5, 5.41) is 4.75. The van der Waals surface area contributed by atoms with Crippen LogP contribution in [0, 0.1) is 5.92 Å². The molecule has 1 rings (SSSR count). The van der Waals surface area contributed by atoms with Gasteiger partial charge in [0.1, 0.15) is 5.78 Å². The number of carbonyl (C=O) groups is 1. The van der Waals surface area contributed by atoms with E-state index in [1.165, 1.54) is 5.71 Å². The number of hydrogen-bond acceptors (Lipinski definition) is 3. The number of hydrogen-bond donors (Lipinski definition) is 0. The molecule has 98 valence electrons. The maximum atomic E-state index is 11.1. The fourth-order valence-electron chi connectivity index (χ4n) is 2.08. The Labute approximate surface area is 106 Å². The molecule has 0 heterocycles. The van der Waals surface area contributed by atoms with E-state index in [1.54, 1.807) is 6.92 Å². The minimum absolute atomic E-state index is 0.328. The highest BCUT2D eigenvalue weighted by Gasteiger charge is 2.22. The van der Waals surface area contributed by atoms with Crippen LogP contribution in [-0.2, 0) is 4.79 Å². The maximum Gasteiger partial charge on any atom is 0.168 e. The molecule has 1 aliphatic carbocycles. The van der Waals surface area contributed by atoms with Crippen molar-refractivity contribution in [3.8, 4) is 0 Å². The van der Waals surface area contributed by atoms with Gasteiger partial charge in [-0.15, -0.1) is 0 Å². The van der Waals surface area contributed by atoms with Crippen molar-refractivity contribution in [1.29, 1.82) is 0 Å². The van der Waals surface area contributed by atoms with Gasteiger partial charge in [0.05, 0.1) is 0 Å². The van der Waals surface area contributed by atoms with Crippen molar-refractivity contribution in [2.75, 3.05) is 7.05 Å². The molecule has 0 atom stereocenters. The summed E-state index contributed by atoms with van der Waals surface area (Å²) in [5.74, 6) is 0.929. The minimum Gasteiger partial charge on any atom is -0.328 e. The average Bonchev–Trinajstić information content (AvgIpc) is 2.18. The molecule has 0 radical (unpaired) electrons. The number of nitrogens with zero attached hydrogens (tertiary/aromatic N) is 2. The lowest BCUT2D eigenvalue weighted by Crippen LogP contribution is -2.40. The Kier molecular flexibility index (Phi) is 4.92. The molecular formula is C13H26N2OSi. The molecule has 0 aromatic rings. The third kappa shape index (κ3) is 5.02. The lowest BCUT2D eigenvalue weighted by Gasteiger charge is -2.30. The van der Waals surface area contributed by atoms with Crippen molar-refractivity contribution in [3.63, 3.8) is 0 Å². The maximum absolute atomic E-state index is 11.1. The number of carbonyl (C=O) groups excluding carboxylic acids is 1. The van der Waals surface area contributed by atoms with Gasteiger partial charge in [0.25, 0.3) is 0 Å². The first kappa shape index (κ1) is 14.4. The molecule has 1 fully saturated rings. The average molecular weight is 254 g/mol. The Hall–Kier alpha value is -0.643. The molecule has 0 unspecified atom stereocenters. The van der Waals surface area contributed by atoms with Gasteiger partial charge in [-0.3, -0.25) is 0 Å². The van der Waals surface area contributed by atoms with Gasteiger partial charge in [-0.05, 0) is 38.5 Å². The molecule has 0 aliphatic heterocycles. The number of rotatable bonds is 4. The van der Waals surface area contributed by atoms with Gasteiger partial charge >= 0.3 is 0 Å². The molecule has 0 aromatic heterocycles. The quantitative estimate of drug-likeness (QED) is 0.570. The summed E-state index contributed by atoms with van der Waals surface area (Å²) < 4.78 is 2.19. The van der Waals surface area contributed by atoms with E-state index in [0.717, 1.165) is 32.1 Å². The second kappa shape index (κ2) is 5.80. The molecule has 0 spiro atoms. The second-order valence-electron chi connectivity index (χ2n) is 6.21. The van der Waals surface area contributed by atoms with Gasteiger partial charge in [-0.2, -0.15) is 5.10 Å². The topological polar surface area (TPSA) is 32.7 Å². The summed E-state index contributed by atoms with van der Waals surface area (Å²) >= 11 is 0. The van der Waals surface area contributed by atoms with Crippen LogP contribution < -0.4 is 0 Å². The molecule has 0 N–H and O–H groups in total. The number of hydrazone groups is 1. The molecule has 0 amide bonds. The summed E-state index contributed by atoms with van der Waals surface area (Å²) in [4.78, 5) is 11.1. The largest absolute Gasteiger partial charge is 0.328 e. The van der Waals surface area contributed by atoms with E-state index < -0.39 is 8.24 Å². The Morgan fingerprint density at radius 1 is 1.35 bits per heavy atom. The summed E-state index contributed by atoms with van der Waals surface area (Å²) in [6.45, 7) is 8.61. The van der Waals surface area contributed by atoms with E-state index in [9.17, 15) is 4.79 Å². The molecule has 0 aromatic carbocycles. The van der Waals surface area contributed by atoms with Crippen molar-refractivity contribution in [2.24, 2.45) is 11.0 Å². The molecule has 0 saturated heterocycles. The molecular weight excluding hydrogens is 228 g/mol. The second-order valence-corrected chi connectivity index (χ2v) is 11.2. The predicted octanol–water partition coefficient (Wildman–Crippen LogP) is 3.28. The Bertz CT molecular complexity index is 297. The molecule has 17 heavy (non-hydrogen) atoms. The summed E-state index contributed by atoms with van der Waals surface area (Å²) in [6, 6.07) is 0. The first-order chi connectivity index (χ1) is 7.79. The zero-order valence-electron chi connectivity index (χ0n) is 11.9. The normalized spacial score (nSPS) is 21.2. The van der Waals surface area contributed by atoms with Crippen molar-refractivity contribution in [2.45, 2.75) is 58.7 Å². The van der Waals surface area contributed by atoms with Crippen LogP contribution in [0.1, 0.15) is 39.0 Å². The highest BCUT2D eigenvalue weighted by molar-refractivity contribution is 6.73. The van der Waals surface area contributed by atoms with E-state index in [-0.39, 0.29) is 0 Å². The van der Waals surface area contributed by atoms with Crippen LogP contribution in [0.2, 0.25) is 19.6 Å². The Balaban J connectivity index is 2.46. The third-order valence-corrected chi connectivity index (χ3v) is 5.56. The van der Waals surface area contributed by atoms with Crippen LogP contribution in [0.4, 0.5) is 0 Å². The monoisotopic (exact) mass is 254 g/mol. The van der Waals surface area contributed by atoms with E-state index in [1.807, 2.05) is 0 Å². The minimum atomic E-state index is -1.30. The zero-order valence-corrected chi connectivity index (χ0v) is 12.9. The van der Waals surface area contributed by atoms with Crippen LogP contribution in [0.25, 0.3) is 0 Å². The smallest absolute Gasteiger partial charge is 0.168 e. The molecule has 4 heteroatoms. The van der Waals surface area contributed by atoms with E-state index in [2.05, 4.69) is 31.4 Å². The standard InChI is InChI=1S/C13H26N2OSi/c1-11(16)10-12-6-8-13(9-7-12)14-15(2)17(3,4)5/h12H,6-10H2,1-5H3. The highest BCUT2D eigenvalue weighted by Crippen LogP contribution is 2.26. The zero-order chi connectivity index (χ0) is 13.1. The Morgan fingerprint density at radius 2 is 1.88 bits per heavy atom. The SMILES string of the molecule is CC(=O)CC1CCC(=NN(C)[Si](C)(C)C)CC1. The fraction of sp³-hybridized carbons (Fsp3) is 0.846.